The number of carbonyl (C=O) groups is 1. The molecular formula is C7H5ClF3NO. The van der Waals surface area contributed by atoms with Gasteiger partial charge in [-0.2, -0.15) is 13.2 Å². The van der Waals surface area contributed by atoms with Gasteiger partial charge in [-0.25, -0.2) is 0 Å². The molecule has 1 heterocycles. The molecule has 0 saturated carbocycles. The lowest BCUT2D eigenvalue weighted by atomic mass is 10.3. The molecule has 1 aromatic heterocycles. The van der Waals surface area contributed by atoms with Crippen LogP contribution in [0.5, 0.6) is 0 Å². The highest BCUT2D eigenvalue weighted by molar-refractivity contribution is 6.31. The molecule has 0 aromatic carbocycles. The SMILES string of the molecule is O=Cc1cc(CC(F)(F)F)[nH]c1Cl. The van der Waals surface area contributed by atoms with Crippen LogP contribution in [0.4, 0.5) is 13.2 Å². The van der Waals surface area contributed by atoms with Crippen LogP contribution in [0.3, 0.4) is 0 Å². The molecule has 0 aliphatic rings. The van der Waals surface area contributed by atoms with E-state index < -0.39 is 12.6 Å². The van der Waals surface area contributed by atoms with E-state index in [0.29, 0.717) is 6.29 Å². The molecular weight excluding hydrogens is 207 g/mol. The highest BCUT2D eigenvalue weighted by Crippen LogP contribution is 2.23. The van der Waals surface area contributed by atoms with Crippen molar-refractivity contribution in [2.45, 2.75) is 12.6 Å². The number of aromatic nitrogens is 1. The largest absolute Gasteiger partial charge is 0.394 e. The summed E-state index contributed by atoms with van der Waals surface area (Å²) in [5, 5.41) is -0.0609. The molecule has 72 valence electrons. The maximum atomic E-state index is 11.8. The number of rotatable bonds is 2. The summed E-state index contributed by atoms with van der Waals surface area (Å²) in [5.74, 6) is 0. The molecule has 0 bridgehead atoms. The Morgan fingerprint density at radius 2 is 2.15 bits per heavy atom. The van der Waals surface area contributed by atoms with E-state index in [2.05, 4.69) is 4.98 Å². The van der Waals surface area contributed by atoms with Crippen molar-refractivity contribution in [2.24, 2.45) is 0 Å². The normalized spacial score (nSPS) is 11.7. The van der Waals surface area contributed by atoms with Crippen LogP contribution in [0.2, 0.25) is 5.15 Å². The molecule has 1 aromatic rings. The molecule has 1 rings (SSSR count). The second-order valence-corrected chi connectivity index (χ2v) is 2.85. The molecule has 0 unspecified atom stereocenters. The third-order valence-electron chi connectivity index (χ3n) is 1.37. The van der Waals surface area contributed by atoms with E-state index in [-0.39, 0.29) is 16.4 Å². The van der Waals surface area contributed by atoms with Crippen LogP contribution < -0.4 is 0 Å². The first-order chi connectivity index (χ1) is 5.92. The predicted octanol–water partition coefficient (Wildman–Crippen LogP) is 2.59. The van der Waals surface area contributed by atoms with E-state index >= 15 is 0 Å². The molecule has 2 nitrogen and oxygen atoms in total. The maximum absolute atomic E-state index is 11.8. The Bertz CT molecular complexity index is 318. The van der Waals surface area contributed by atoms with Crippen LogP contribution in [0, 0.1) is 0 Å². The molecule has 0 aliphatic carbocycles. The van der Waals surface area contributed by atoms with Crippen molar-refractivity contribution in [3.05, 3.63) is 22.5 Å². The minimum atomic E-state index is -4.30. The standard InChI is InChI=1S/C7H5ClF3NO/c8-6-4(3-13)1-5(12-6)2-7(9,10)11/h1,3,12H,2H2. The highest BCUT2D eigenvalue weighted by Gasteiger charge is 2.28. The molecule has 13 heavy (non-hydrogen) atoms. The fraction of sp³-hybridized carbons (Fsp3) is 0.286. The molecule has 0 saturated heterocycles. The lowest BCUT2D eigenvalue weighted by Gasteiger charge is -2.02. The Hall–Kier alpha value is -0.970. The van der Waals surface area contributed by atoms with E-state index in [0.717, 1.165) is 6.07 Å². The summed E-state index contributed by atoms with van der Waals surface area (Å²) in [6.45, 7) is 0. The molecule has 1 N–H and O–H groups in total. The van der Waals surface area contributed by atoms with Crippen molar-refractivity contribution in [3.8, 4) is 0 Å². The number of halogens is 4. The smallest absolute Gasteiger partial charge is 0.349 e. The number of aromatic amines is 1. The van der Waals surface area contributed by atoms with Gasteiger partial charge in [-0.05, 0) is 6.07 Å². The number of aldehydes is 1. The number of H-pyrrole nitrogens is 1. The van der Waals surface area contributed by atoms with Crippen molar-refractivity contribution in [1.82, 2.24) is 4.98 Å². The van der Waals surface area contributed by atoms with E-state index in [9.17, 15) is 18.0 Å². The fourth-order valence-corrected chi connectivity index (χ4v) is 1.12. The van der Waals surface area contributed by atoms with Gasteiger partial charge < -0.3 is 4.98 Å². The topological polar surface area (TPSA) is 32.9 Å². The zero-order valence-electron chi connectivity index (χ0n) is 6.28. The highest BCUT2D eigenvalue weighted by atomic mass is 35.5. The van der Waals surface area contributed by atoms with Crippen molar-refractivity contribution in [2.75, 3.05) is 0 Å². The van der Waals surface area contributed by atoms with Gasteiger partial charge in [0.25, 0.3) is 0 Å². The van der Waals surface area contributed by atoms with Crippen molar-refractivity contribution in [1.29, 1.82) is 0 Å². The monoisotopic (exact) mass is 211 g/mol. The average Bonchev–Trinajstić information content (AvgIpc) is 2.26. The van der Waals surface area contributed by atoms with Gasteiger partial charge in [-0.1, -0.05) is 11.6 Å². The summed E-state index contributed by atoms with van der Waals surface area (Å²) in [4.78, 5) is 12.5. The first kappa shape index (κ1) is 10.1. The van der Waals surface area contributed by atoms with Gasteiger partial charge in [0.05, 0.1) is 12.0 Å². The molecule has 0 amide bonds. The van der Waals surface area contributed by atoms with Crippen LogP contribution in [0.25, 0.3) is 0 Å². The van der Waals surface area contributed by atoms with Gasteiger partial charge in [0, 0.05) is 5.69 Å². The van der Waals surface area contributed by atoms with Gasteiger partial charge in [-0.15, -0.1) is 0 Å². The number of alkyl halides is 3. The fourth-order valence-electron chi connectivity index (χ4n) is 0.897. The number of hydrogen-bond donors (Lipinski definition) is 1. The second kappa shape index (κ2) is 3.41. The first-order valence-electron chi connectivity index (χ1n) is 3.31. The van der Waals surface area contributed by atoms with Crippen LogP contribution in [-0.2, 0) is 6.42 Å². The Kier molecular flexibility index (Phi) is 2.66. The molecule has 0 fully saturated rings. The minimum absolute atomic E-state index is 0.0425. The van der Waals surface area contributed by atoms with Gasteiger partial charge in [-0.3, -0.25) is 4.79 Å². The third-order valence-corrected chi connectivity index (χ3v) is 1.68. The van der Waals surface area contributed by atoms with E-state index in [1.807, 2.05) is 0 Å². The summed E-state index contributed by atoms with van der Waals surface area (Å²) in [5.41, 5.74) is -0.0690. The molecule has 0 spiro atoms. The number of hydrogen-bond acceptors (Lipinski definition) is 1. The zero-order chi connectivity index (χ0) is 10.1. The van der Waals surface area contributed by atoms with E-state index in [1.165, 1.54) is 0 Å². The van der Waals surface area contributed by atoms with Crippen molar-refractivity contribution in [3.63, 3.8) is 0 Å². The number of nitrogens with one attached hydrogen (secondary N) is 1. The summed E-state index contributed by atoms with van der Waals surface area (Å²) in [6, 6.07) is 1.09. The van der Waals surface area contributed by atoms with Gasteiger partial charge >= 0.3 is 6.18 Å². The quantitative estimate of drug-likeness (QED) is 0.750. The average molecular weight is 212 g/mol. The Morgan fingerprint density at radius 3 is 2.54 bits per heavy atom. The Labute approximate surface area is 76.7 Å². The van der Waals surface area contributed by atoms with Crippen LogP contribution >= 0.6 is 11.6 Å². The van der Waals surface area contributed by atoms with Crippen LogP contribution in [0.1, 0.15) is 16.1 Å². The Balaban J connectivity index is 2.85. The second-order valence-electron chi connectivity index (χ2n) is 2.47. The molecule has 0 atom stereocenters. The molecule has 0 aliphatic heterocycles. The minimum Gasteiger partial charge on any atom is -0.349 e. The lowest BCUT2D eigenvalue weighted by molar-refractivity contribution is -0.127. The first-order valence-corrected chi connectivity index (χ1v) is 3.69. The van der Waals surface area contributed by atoms with Crippen molar-refractivity contribution >= 4 is 17.9 Å². The molecule has 6 heteroatoms. The van der Waals surface area contributed by atoms with E-state index in [1.54, 1.807) is 0 Å². The third kappa shape index (κ3) is 2.77. The van der Waals surface area contributed by atoms with Gasteiger partial charge in [0.1, 0.15) is 5.15 Å². The van der Waals surface area contributed by atoms with Crippen LogP contribution in [0.15, 0.2) is 6.07 Å². The van der Waals surface area contributed by atoms with Gasteiger partial charge in [0.15, 0.2) is 6.29 Å². The summed E-state index contributed by atoms with van der Waals surface area (Å²) >= 11 is 5.42. The van der Waals surface area contributed by atoms with Crippen molar-refractivity contribution < 1.29 is 18.0 Å². The zero-order valence-corrected chi connectivity index (χ0v) is 7.04. The van der Waals surface area contributed by atoms with Gasteiger partial charge in [0.2, 0.25) is 0 Å². The molecule has 0 radical (unpaired) electrons. The summed E-state index contributed by atoms with van der Waals surface area (Å²) in [6.07, 6.45) is -5.01. The Morgan fingerprint density at radius 1 is 1.54 bits per heavy atom. The van der Waals surface area contributed by atoms with Crippen LogP contribution in [-0.4, -0.2) is 17.4 Å². The number of carbonyl (C=O) groups excluding carboxylic acids is 1. The lowest BCUT2D eigenvalue weighted by Crippen LogP contribution is -2.11. The van der Waals surface area contributed by atoms with E-state index in [4.69, 9.17) is 11.6 Å². The summed E-state index contributed by atoms with van der Waals surface area (Å²) in [7, 11) is 0. The maximum Gasteiger partial charge on any atom is 0.394 e. The summed E-state index contributed by atoms with van der Waals surface area (Å²) < 4.78 is 35.5. The predicted molar refractivity (Wildman–Crippen MR) is 40.9 cm³/mol.